The maximum Gasteiger partial charge on any atom is 0.333 e. The monoisotopic (exact) mass is 247 g/mol. The number of ether oxygens (including phenoxy) is 1. The zero-order valence-electron chi connectivity index (χ0n) is 11.5. The van der Waals surface area contributed by atoms with Crippen LogP contribution in [0.2, 0.25) is 0 Å². The molecule has 0 aromatic heterocycles. The first-order valence-electron chi connectivity index (χ1n) is 6.09. The first-order chi connectivity index (χ1) is 8.54. The molecule has 0 radical (unpaired) electrons. The van der Waals surface area contributed by atoms with E-state index >= 15 is 0 Å². The lowest BCUT2D eigenvalue weighted by Crippen LogP contribution is -2.19. The van der Waals surface area contributed by atoms with E-state index < -0.39 is 0 Å². The number of methoxy groups -OCH3 is 1. The van der Waals surface area contributed by atoms with Crippen LogP contribution < -0.4 is 5.32 Å². The van der Waals surface area contributed by atoms with Gasteiger partial charge < -0.3 is 10.1 Å². The fourth-order valence-corrected chi connectivity index (χ4v) is 1.61. The average molecular weight is 247 g/mol. The summed E-state index contributed by atoms with van der Waals surface area (Å²) >= 11 is 0. The maximum absolute atomic E-state index is 11.2. The lowest BCUT2D eigenvalue weighted by Gasteiger charge is -2.13. The van der Waals surface area contributed by atoms with E-state index in [0.717, 1.165) is 0 Å². The Morgan fingerprint density at radius 3 is 2.56 bits per heavy atom. The quantitative estimate of drug-likeness (QED) is 0.642. The SMILES string of the molecule is COC(=O)/C(C)=C/CNC(C)c1ccc(C)cc1. The number of nitrogens with one attached hydrogen (secondary N) is 1. The van der Waals surface area contributed by atoms with Gasteiger partial charge >= 0.3 is 5.97 Å². The molecule has 0 spiro atoms. The molecule has 0 saturated carbocycles. The minimum Gasteiger partial charge on any atom is -0.466 e. The number of hydrogen-bond donors (Lipinski definition) is 1. The molecule has 0 amide bonds. The van der Waals surface area contributed by atoms with Crippen molar-refractivity contribution >= 4 is 5.97 Å². The van der Waals surface area contributed by atoms with Crippen molar-refractivity contribution in [2.75, 3.05) is 13.7 Å². The number of carbonyl (C=O) groups excluding carboxylic acids is 1. The molecule has 3 nitrogen and oxygen atoms in total. The Bertz CT molecular complexity index is 421. The van der Waals surface area contributed by atoms with Gasteiger partial charge in [-0.05, 0) is 26.3 Å². The largest absolute Gasteiger partial charge is 0.466 e. The van der Waals surface area contributed by atoms with Gasteiger partial charge in [-0.25, -0.2) is 4.79 Å². The van der Waals surface area contributed by atoms with Crippen LogP contribution in [0.3, 0.4) is 0 Å². The summed E-state index contributed by atoms with van der Waals surface area (Å²) in [5.41, 5.74) is 3.12. The fraction of sp³-hybridized carbons (Fsp3) is 0.400. The van der Waals surface area contributed by atoms with Crippen LogP contribution in [-0.4, -0.2) is 19.6 Å². The van der Waals surface area contributed by atoms with E-state index in [1.165, 1.54) is 18.2 Å². The molecule has 1 aromatic rings. The molecule has 0 fully saturated rings. The lowest BCUT2D eigenvalue weighted by atomic mass is 10.1. The summed E-state index contributed by atoms with van der Waals surface area (Å²) < 4.78 is 4.63. The van der Waals surface area contributed by atoms with E-state index in [1.807, 2.05) is 6.08 Å². The molecule has 98 valence electrons. The normalized spacial score (nSPS) is 13.2. The van der Waals surface area contributed by atoms with E-state index in [4.69, 9.17) is 0 Å². The molecule has 1 rings (SSSR count). The van der Waals surface area contributed by atoms with Gasteiger partial charge in [-0.2, -0.15) is 0 Å². The van der Waals surface area contributed by atoms with E-state index in [-0.39, 0.29) is 12.0 Å². The minimum atomic E-state index is -0.278. The van der Waals surface area contributed by atoms with Gasteiger partial charge in [0.1, 0.15) is 0 Å². The van der Waals surface area contributed by atoms with E-state index in [2.05, 4.69) is 48.2 Å². The molecule has 1 aromatic carbocycles. The Kier molecular flexibility index (Phi) is 5.59. The van der Waals surface area contributed by atoms with Crippen LogP contribution in [0.5, 0.6) is 0 Å². The second-order valence-electron chi connectivity index (χ2n) is 4.42. The number of rotatable bonds is 5. The predicted molar refractivity (Wildman–Crippen MR) is 73.4 cm³/mol. The Hall–Kier alpha value is -1.61. The first-order valence-corrected chi connectivity index (χ1v) is 6.09. The van der Waals surface area contributed by atoms with E-state index in [0.29, 0.717) is 12.1 Å². The molecule has 18 heavy (non-hydrogen) atoms. The summed E-state index contributed by atoms with van der Waals surface area (Å²) in [6.07, 6.45) is 1.84. The van der Waals surface area contributed by atoms with Crippen LogP contribution in [0.1, 0.15) is 31.0 Å². The molecule has 0 aliphatic rings. The van der Waals surface area contributed by atoms with Crippen LogP contribution >= 0.6 is 0 Å². The van der Waals surface area contributed by atoms with Crippen molar-refractivity contribution in [1.29, 1.82) is 0 Å². The van der Waals surface area contributed by atoms with Crippen LogP contribution in [0, 0.1) is 6.92 Å². The van der Waals surface area contributed by atoms with Crippen LogP contribution in [0.15, 0.2) is 35.9 Å². The molecule has 0 heterocycles. The zero-order chi connectivity index (χ0) is 13.5. The van der Waals surface area contributed by atoms with Gasteiger partial charge in [-0.3, -0.25) is 0 Å². The third-order valence-electron chi connectivity index (χ3n) is 2.92. The third kappa shape index (κ3) is 4.34. The summed E-state index contributed by atoms with van der Waals surface area (Å²) in [7, 11) is 1.39. The van der Waals surface area contributed by atoms with Gasteiger partial charge in [0, 0.05) is 18.2 Å². The highest BCUT2D eigenvalue weighted by atomic mass is 16.5. The average Bonchev–Trinajstić information content (AvgIpc) is 2.38. The Balaban J connectivity index is 2.49. The Morgan fingerprint density at radius 2 is 2.00 bits per heavy atom. The second-order valence-corrected chi connectivity index (χ2v) is 4.42. The number of hydrogen-bond acceptors (Lipinski definition) is 3. The highest BCUT2D eigenvalue weighted by Gasteiger charge is 2.05. The van der Waals surface area contributed by atoms with Crippen molar-refractivity contribution in [1.82, 2.24) is 5.32 Å². The molecule has 3 heteroatoms. The highest BCUT2D eigenvalue weighted by Crippen LogP contribution is 2.12. The molecule has 1 N–H and O–H groups in total. The molecule has 1 atom stereocenters. The van der Waals surface area contributed by atoms with Crippen molar-refractivity contribution in [3.8, 4) is 0 Å². The first kappa shape index (κ1) is 14.5. The van der Waals surface area contributed by atoms with Crippen molar-refractivity contribution in [2.24, 2.45) is 0 Å². The van der Waals surface area contributed by atoms with Crippen molar-refractivity contribution < 1.29 is 9.53 Å². The van der Waals surface area contributed by atoms with Crippen molar-refractivity contribution in [2.45, 2.75) is 26.8 Å². The number of benzene rings is 1. The Labute approximate surface area is 109 Å². The van der Waals surface area contributed by atoms with Gasteiger partial charge in [0.15, 0.2) is 0 Å². The van der Waals surface area contributed by atoms with Gasteiger partial charge in [0.25, 0.3) is 0 Å². The summed E-state index contributed by atoms with van der Waals surface area (Å²) in [5, 5.41) is 3.34. The topological polar surface area (TPSA) is 38.3 Å². The predicted octanol–water partition coefficient (Wildman–Crippen LogP) is 2.76. The van der Waals surface area contributed by atoms with Crippen LogP contribution in [-0.2, 0) is 9.53 Å². The summed E-state index contributed by atoms with van der Waals surface area (Å²) in [6, 6.07) is 8.69. The van der Waals surface area contributed by atoms with Crippen molar-refractivity contribution in [3.63, 3.8) is 0 Å². The van der Waals surface area contributed by atoms with Gasteiger partial charge in [0.2, 0.25) is 0 Å². The molecule has 0 aliphatic carbocycles. The molecule has 1 unspecified atom stereocenters. The number of aryl methyl sites for hydroxylation is 1. The molecule has 0 saturated heterocycles. The Morgan fingerprint density at radius 1 is 1.39 bits per heavy atom. The van der Waals surface area contributed by atoms with Crippen molar-refractivity contribution in [3.05, 3.63) is 47.0 Å². The fourth-order valence-electron chi connectivity index (χ4n) is 1.61. The maximum atomic E-state index is 11.2. The van der Waals surface area contributed by atoms with E-state index in [9.17, 15) is 4.79 Å². The zero-order valence-corrected chi connectivity index (χ0v) is 11.5. The third-order valence-corrected chi connectivity index (χ3v) is 2.92. The van der Waals surface area contributed by atoms with Gasteiger partial charge in [-0.15, -0.1) is 0 Å². The summed E-state index contributed by atoms with van der Waals surface area (Å²) in [6.45, 7) is 6.58. The smallest absolute Gasteiger partial charge is 0.333 e. The second kappa shape index (κ2) is 6.97. The van der Waals surface area contributed by atoms with Gasteiger partial charge in [-0.1, -0.05) is 35.9 Å². The van der Waals surface area contributed by atoms with Crippen LogP contribution in [0.4, 0.5) is 0 Å². The lowest BCUT2D eigenvalue weighted by molar-refractivity contribution is -0.136. The highest BCUT2D eigenvalue weighted by molar-refractivity contribution is 5.87. The molecular formula is C15H21NO2. The summed E-state index contributed by atoms with van der Waals surface area (Å²) in [5.74, 6) is -0.278. The molecular weight excluding hydrogens is 226 g/mol. The van der Waals surface area contributed by atoms with Gasteiger partial charge in [0.05, 0.1) is 7.11 Å². The van der Waals surface area contributed by atoms with Crippen LogP contribution in [0.25, 0.3) is 0 Å². The minimum absolute atomic E-state index is 0.257. The molecule has 0 bridgehead atoms. The number of esters is 1. The summed E-state index contributed by atoms with van der Waals surface area (Å²) in [4.78, 5) is 11.2. The number of carbonyl (C=O) groups is 1. The standard InChI is InChI=1S/C15H21NO2/c1-11-5-7-14(8-6-11)13(3)16-10-9-12(2)15(17)18-4/h5-9,13,16H,10H2,1-4H3/b12-9+. The van der Waals surface area contributed by atoms with E-state index in [1.54, 1.807) is 6.92 Å². The molecule has 0 aliphatic heterocycles.